The van der Waals surface area contributed by atoms with Gasteiger partial charge < -0.3 is 5.73 Å². The second kappa shape index (κ2) is 4.10. The molecule has 1 aromatic heterocycles. The van der Waals surface area contributed by atoms with Crippen LogP contribution >= 0.6 is 11.3 Å². The minimum Gasteiger partial charge on any atom is -0.390 e. The van der Waals surface area contributed by atoms with Crippen molar-refractivity contribution in [3.05, 3.63) is 41.5 Å². The molecule has 0 atom stereocenters. The van der Waals surface area contributed by atoms with Gasteiger partial charge in [-0.2, -0.15) is 0 Å². The number of rotatable bonds is 2. The van der Waals surface area contributed by atoms with E-state index in [0.717, 1.165) is 10.4 Å². The summed E-state index contributed by atoms with van der Waals surface area (Å²) in [6, 6.07) is 9.97. The third-order valence-corrected chi connectivity index (χ3v) is 3.55. The molecule has 2 N–H and O–H groups in total. The van der Waals surface area contributed by atoms with Crippen LogP contribution in [0.5, 0.6) is 0 Å². The van der Waals surface area contributed by atoms with Gasteiger partial charge in [0.25, 0.3) is 0 Å². The number of nitrogen functional groups attached to an aromatic ring is 1. The first-order chi connectivity index (χ1) is 7.59. The maximum atomic E-state index is 11.3. The van der Waals surface area contributed by atoms with Crippen molar-refractivity contribution in [1.82, 2.24) is 0 Å². The van der Waals surface area contributed by atoms with Crippen molar-refractivity contribution >= 4 is 22.1 Å². The summed E-state index contributed by atoms with van der Waals surface area (Å²) in [5.74, 6) is 0.0218. The van der Waals surface area contributed by atoms with E-state index in [1.54, 1.807) is 6.92 Å². The predicted octanol–water partition coefficient (Wildman–Crippen LogP) is 3.51. The van der Waals surface area contributed by atoms with Crippen molar-refractivity contribution in [3.63, 3.8) is 0 Å². The van der Waals surface area contributed by atoms with Crippen LogP contribution in [0.15, 0.2) is 30.3 Å². The number of anilines is 1. The number of benzene rings is 1. The lowest BCUT2D eigenvalue weighted by molar-refractivity contribution is 0.101. The van der Waals surface area contributed by atoms with Crippen molar-refractivity contribution < 1.29 is 4.79 Å². The summed E-state index contributed by atoms with van der Waals surface area (Å²) >= 11 is 1.47. The third-order valence-electron chi connectivity index (χ3n) is 2.55. The van der Waals surface area contributed by atoms with E-state index in [-0.39, 0.29) is 5.78 Å². The van der Waals surface area contributed by atoms with Crippen LogP contribution in [0.25, 0.3) is 10.4 Å². The second-order valence-corrected chi connectivity index (χ2v) is 4.84. The number of Topliss-reactive ketones (excluding diaryl/α,β-unsaturated/α-hetero) is 1. The predicted molar refractivity (Wildman–Crippen MR) is 68.9 cm³/mol. The lowest BCUT2D eigenvalue weighted by Crippen LogP contribution is -1.93. The van der Waals surface area contributed by atoms with Crippen LogP contribution in [-0.2, 0) is 0 Å². The highest BCUT2D eigenvalue weighted by Gasteiger charge is 2.12. The van der Waals surface area contributed by atoms with Crippen molar-refractivity contribution in [3.8, 4) is 10.4 Å². The van der Waals surface area contributed by atoms with Crippen LogP contribution in [-0.4, -0.2) is 5.78 Å². The Morgan fingerprint density at radius 1 is 1.31 bits per heavy atom. The highest BCUT2D eigenvalue weighted by molar-refractivity contribution is 7.19. The molecule has 0 bridgehead atoms. The summed E-state index contributed by atoms with van der Waals surface area (Å²) in [6.45, 7) is 3.60. The summed E-state index contributed by atoms with van der Waals surface area (Å²) in [5.41, 5.74) is 8.79. The fourth-order valence-corrected chi connectivity index (χ4v) is 2.73. The quantitative estimate of drug-likeness (QED) is 0.804. The molecule has 0 spiro atoms. The van der Waals surface area contributed by atoms with Gasteiger partial charge in [0.1, 0.15) is 0 Å². The highest BCUT2D eigenvalue weighted by Crippen LogP contribution is 2.35. The van der Waals surface area contributed by atoms with Gasteiger partial charge in [0.05, 0.1) is 10.6 Å². The second-order valence-electron chi connectivity index (χ2n) is 3.76. The fourth-order valence-electron chi connectivity index (χ4n) is 1.66. The average molecular weight is 231 g/mol. The molecule has 0 aliphatic rings. The van der Waals surface area contributed by atoms with Crippen LogP contribution in [0.3, 0.4) is 0 Å². The fraction of sp³-hybridized carbons (Fsp3) is 0.154. The third kappa shape index (κ3) is 1.86. The summed E-state index contributed by atoms with van der Waals surface area (Å²) in [6.07, 6.45) is 0. The Bertz CT molecular complexity index is 543. The Labute approximate surface area is 98.7 Å². The molecule has 0 fully saturated rings. The molecule has 0 aliphatic carbocycles. The number of carbonyl (C=O) groups is 1. The van der Waals surface area contributed by atoms with Crippen LogP contribution in [0.1, 0.15) is 22.8 Å². The minimum atomic E-state index is 0.0218. The lowest BCUT2D eigenvalue weighted by atomic mass is 10.1. The van der Waals surface area contributed by atoms with Gasteiger partial charge in [-0.3, -0.25) is 4.79 Å². The molecule has 2 nitrogen and oxygen atoms in total. The van der Waals surface area contributed by atoms with Crippen molar-refractivity contribution in [2.45, 2.75) is 13.8 Å². The average Bonchev–Trinajstić information content (AvgIpc) is 2.61. The van der Waals surface area contributed by atoms with Crippen LogP contribution in [0.2, 0.25) is 0 Å². The molecule has 3 heteroatoms. The van der Waals surface area contributed by atoms with Gasteiger partial charge in [0.15, 0.2) is 5.78 Å². The first-order valence-electron chi connectivity index (χ1n) is 5.06. The first kappa shape index (κ1) is 10.9. The molecule has 0 unspecified atom stereocenters. The monoisotopic (exact) mass is 231 g/mol. The van der Waals surface area contributed by atoms with Crippen LogP contribution in [0, 0.1) is 6.92 Å². The number of ketones is 1. The molecule has 2 rings (SSSR count). The van der Waals surface area contributed by atoms with E-state index < -0.39 is 0 Å². The van der Waals surface area contributed by atoms with Gasteiger partial charge in [-0.15, -0.1) is 11.3 Å². The Morgan fingerprint density at radius 3 is 2.56 bits per heavy atom. The molecule has 82 valence electrons. The number of aryl methyl sites for hydroxylation is 1. The summed E-state index contributed by atoms with van der Waals surface area (Å²) in [7, 11) is 0. The molecule has 1 aromatic carbocycles. The minimum absolute atomic E-state index is 0.0218. The molecule has 0 saturated heterocycles. The number of hydrogen-bond donors (Lipinski definition) is 1. The SMILES string of the molecule is CC(=O)c1cc(-c2ccccc2C)sc1N. The van der Waals surface area contributed by atoms with Gasteiger partial charge in [0, 0.05) is 4.88 Å². The van der Waals surface area contributed by atoms with Crippen molar-refractivity contribution in [2.24, 2.45) is 0 Å². The molecular weight excluding hydrogens is 218 g/mol. The molecule has 2 aromatic rings. The van der Waals surface area contributed by atoms with E-state index in [2.05, 4.69) is 13.0 Å². The van der Waals surface area contributed by atoms with Crippen molar-refractivity contribution in [2.75, 3.05) is 5.73 Å². The summed E-state index contributed by atoms with van der Waals surface area (Å²) < 4.78 is 0. The van der Waals surface area contributed by atoms with Gasteiger partial charge >= 0.3 is 0 Å². The highest BCUT2D eigenvalue weighted by atomic mass is 32.1. The topological polar surface area (TPSA) is 43.1 Å². The number of thiophene rings is 1. The molecule has 0 saturated carbocycles. The summed E-state index contributed by atoms with van der Waals surface area (Å²) in [5, 5.41) is 0.603. The molecule has 0 aliphatic heterocycles. The van der Waals surface area contributed by atoms with Gasteiger partial charge in [-0.25, -0.2) is 0 Å². The first-order valence-corrected chi connectivity index (χ1v) is 5.87. The number of carbonyl (C=O) groups excluding carboxylic acids is 1. The smallest absolute Gasteiger partial charge is 0.162 e. The van der Waals surface area contributed by atoms with Gasteiger partial charge in [0.2, 0.25) is 0 Å². The van der Waals surface area contributed by atoms with Gasteiger partial charge in [-0.05, 0) is 31.0 Å². The molecule has 0 amide bonds. The van der Waals surface area contributed by atoms with E-state index >= 15 is 0 Å². The molecule has 1 heterocycles. The maximum absolute atomic E-state index is 11.3. The summed E-state index contributed by atoms with van der Waals surface area (Å²) in [4.78, 5) is 12.4. The van der Waals surface area contributed by atoms with Crippen molar-refractivity contribution in [1.29, 1.82) is 0 Å². The van der Waals surface area contributed by atoms with Crippen LogP contribution in [0.4, 0.5) is 5.00 Å². The molecule has 16 heavy (non-hydrogen) atoms. The zero-order valence-electron chi connectivity index (χ0n) is 9.28. The normalized spacial score (nSPS) is 10.4. The van der Waals surface area contributed by atoms with E-state index in [4.69, 9.17) is 5.73 Å². The van der Waals surface area contributed by atoms with E-state index in [1.165, 1.54) is 16.9 Å². The van der Waals surface area contributed by atoms with E-state index in [9.17, 15) is 4.79 Å². The Hall–Kier alpha value is -1.61. The molecule has 0 radical (unpaired) electrons. The lowest BCUT2D eigenvalue weighted by Gasteiger charge is -2.00. The van der Waals surface area contributed by atoms with E-state index in [0.29, 0.717) is 10.6 Å². The zero-order chi connectivity index (χ0) is 11.7. The standard InChI is InChI=1S/C13H13NOS/c1-8-5-3-4-6-10(8)12-7-11(9(2)15)13(14)16-12/h3-7H,14H2,1-2H3. The largest absolute Gasteiger partial charge is 0.390 e. The van der Waals surface area contributed by atoms with Crippen LogP contribution < -0.4 is 5.73 Å². The Balaban J connectivity index is 2.54. The van der Waals surface area contributed by atoms with Gasteiger partial charge in [-0.1, -0.05) is 24.3 Å². The van der Waals surface area contributed by atoms with E-state index in [1.807, 2.05) is 24.3 Å². The zero-order valence-corrected chi connectivity index (χ0v) is 10.1. The Morgan fingerprint density at radius 2 is 2.00 bits per heavy atom. The number of nitrogens with two attached hydrogens (primary N) is 1. The Kier molecular flexibility index (Phi) is 2.79. The molecular formula is C13H13NOS. The number of hydrogen-bond acceptors (Lipinski definition) is 3. The maximum Gasteiger partial charge on any atom is 0.162 e.